The van der Waals surface area contributed by atoms with Gasteiger partial charge in [-0.05, 0) is 29.8 Å². The number of aromatic nitrogens is 1. The van der Waals surface area contributed by atoms with Gasteiger partial charge in [-0.2, -0.15) is 5.10 Å². The van der Waals surface area contributed by atoms with Crippen molar-refractivity contribution in [2.75, 3.05) is 11.0 Å². The van der Waals surface area contributed by atoms with E-state index in [1.54, 1.807) is 24.4 Å². The molecule has 1 aromatic heterocycles. The van der Waals surface area contributed by atoms with Crippen molar-refractivity contribution in [1.82, 2.24) is 9.99 Å². The number of amides is 1. The van der Waals surface area contributed by atoms with E-state index in [-0.39, 0.29) is 11.9 Å². The second kappa shape index (κ2) is 7.29. The number of rotatable bonds is 4. The third-order valence-electron chi connectivity index (χ3n) is 4.78. The Morgan fingerprint density at radius 1 is 1.14 bits per heavy atom. The van der Waals surface area contributed by atoms with Crippen LogP contribution in [0.3, 0.4) is 0 Å². The van der Waals surface area contributed by atoms with E-state index in [2.05, 4.69) is 14.8 Å². The molecule has 3 aromatic rings. The first-order valence-electron chi connectivity index (χ1n) is 9.11. The maximum atomic E-state index is 12.3. The van der Waals surface area contributed by atoms with E-state index >= 15 is 0 Å². The molecule has 1 atom stereocenters. The lowest BCUT2D eigenvalue weighted by atomic mass is 9.96. The fourth-order valence-electron chi connectivity index (χ4n) is 3.55. The fraction of sp³-hybridized carbons (Fsp3) is 0.190. The number of para-hydroxylation sites is 1. The summed E-state index contributed by atoms with van der Waals surface area (Å²) in [7, 11) is -3.44. The topological polar surface area (TPSA) is 91.7 Å². The Morgan fingerprint density at radius 3 is 2.69 bits per heavy atom. The highest BCUT2D eigenvalue weighted by Crippen LogP contribution is 2.35. The lowest BCUT2D eigenvalue weighted by molar-refractivity contribution is -0.130. The average Bonchev–Trinajstić information content (AvgIpc) is 3.12. The molecule has 0 radical (unpaired) electrons. The summed E-state index contributed by atoms with van der Waals surface area (Å²) >= 11 is 0. The number of anilines is 1. The molecule has 4 rings (SSSR count). The third-order valence-corrected chi connectivity index (χ3v) is 5.37. The molecule has 1 unspecified atom stereocenters. The Kier molecular flexibility index (Phi) is 4.79. The van der Waals surface area contributed by atoms with Crippen LogP contribution < -0.4 is 4.72 Å². The molecule has 1 aliphatic rings. The van der Waals surface area contributed by atoms with Gasteiger partial charge in [-0.25, -0.2) is 13.4 Å². The molecule has 1 N–H and O–H groups in total. The molecule has 0 spiro atoms. The highest BCUT2D eigenvalue weighted by atomic mass is 32.2. The van der Waals surface area contributed by atoms with Crippen molar-refractivity contribution in [3.63, 3.8) is 0 Å². The van der Waals surface area contributed by atoms with Gasteiger partial charge in [0.15, 0.2) is 0 Å². The molecule has 29 heavy (non-hydrogen) atoms. The molecule has 1 amide bonds. The van der Waals surface area contributed by atoms with Crippen molar-refractivity contribution in [2.45, 2.75) is 19.4 Å². The van der Waals surface area contributed by atoms with Crippen LogP contribution in [0.25, 0.3) is 10.9 Å². The van der Waals surface area contributed by atoms with Gasteiger partial charge in [0, 0.05) is 30.5 Å². The summed E-state index contributed by atoms with van der Waals surface area (Å²) in [6.45, 7) is 1.47. The fourth-order valence-corrected chi connectivity index (χ4v) is 4.13. The van der Waals surface area contributed by atoms with E-state index in [0.29, 0.717) is 23.4 Å². The van der Waals surface area contributed by atoms with Crippen LogP contribution in [0, 0.1) is 0 Å². The normalized spacial score (nSPS) is 16.7. The van der Waals surface area contributed by atoms with Crippen molar-refractivity contribution in [3.8, 4) is 0 Å². The highest BCUT2D eigenvalue weighted by molar-refractivity contribution is 7.92. The van der Waals surface area contributed by atoms with E-state index in [1.165, 1.54) is 11.9 Å². The standard InChI is InChI=1S/C21H20N4O3S/c1-14(26)25-21(16-9-10-18-15(12-16)6-5-11-22-18)13-20(23-25)17-7-3-4-8-19(17)24-29(2,27)28/h3-12,21,24H,13H2,1-2H3. The number of hydrogen-bond donors (Lipinski definition) is 1. The molecule has 7 nitrogen and oxygen atoms in total. The Hall–Kier alpha value is -3.26. The van der Waals surface area contributed by atoms with Crippen LogP contribution in [0.4, 0.5) is 5.69 Å². The molecule has 2 heterocycles. The Bertz CT molecular complexity index is 1240. The first-order valence-corrected chi connectivity index (χ1v) is 11.0. The Morgan fingerprint density at radius 2 is 1.93 bits per heavy atom. The van der Waals surface area contributed by atoms with Crippen molar-refractivity contribution < 1.29 is 13.2 Å². The van der Waals surface area contributed by atoms with Gasteiger partial charge in [-0.15, -0.1) is 0 Å². The van der Waals surface area contributed by atoms with E-state index in [4.69, 9.17) is 0 Å². The van der Waals surface area contributed by atoms with E-state index in [9.17, 15) is 13.2 Å². The van der Waals surface area contributed by atoms with Crippen LogP contribution in [0.1, 0.15) is 30.5 Å². The predicted octanol–water partition coefficient (Wildman–Crippen LogP) is 3.30. The highest BCUT2D eigenvalue weighted by Gasteiger charge is 2.32. The molecular weight excluding hydrogens is 388 g/mol. The minimum atomic E-state index is -3.44. The zero-order chi connectivity index (χ0) is 20.6. The Balaban J connectivity index is 1.73. The van der Waals surface area contributed by atoms with Crippen LogP contribution in [-0.2, 0) is 14.8 Å². The second-order valence-electron chi connectivity index (χ2n) is 7.01. The lowest BCUT2D eigenvalue weighted by Gasteiger charge is -2.20. The van der Waals surface area contributed by atoms with Gasteiger partial charge >= 0.3 is 0 Å². The number of hydrazone groups is 1. The number of hydrogen-bond acceptors (Lipinski definition) is 5. The molecule has 8 heteroatoms. The zero-order valence-electron chi connectivity index (χ0n) is 16.0. The molecule has 148 valence electrons. The first-order chi connectivity index (χ1) is 13.8. The van der Waals surface area contributed by atoms with E-state index in [1.807, 2.05) is 36.4 Å². The molecule has 0 fully saturated rings. The van der Waals surface area contributed by atoms with Gasteiger partial charge in [-0.1, -0.05) is 30.3 Å². The van der Waals surface area contributed by atoms with Gasteiger partial charge in [0.05, 0.1) is 29.2 Å². The monoisotopic (exact) mass is 408 g/mol. The summed E-state index contributed by atoms with van der Waals surface area (Å²) in [5.41, 5.74) is 3.60. The van der Waals surface area contributed by atoms with Gasteiger partial charge in [0.25, 0.3) is 0 Å². The molecule has 0 saturated carbocycles. The third kappa shape index (κ3) is 3.97. The van der Waals surface area contributed by atoms with Gasteiger partial charge in [-0.3, -0.25) is 14.5 Å². The number of pyridine rings is 1. The number of nitrogens with one attached hydrogen (secondary N) is 1. The Labute approximate surface area is 169 Å². The van der Waals surface area contributed by atoms with Crippen molar-refractivity contribution >= 4 is 38.2 Å². The van der Waals surface area contributed by atoms with Gasteiger partial charge in [0.2, 0.25) is 15.9 Å². The van der Waals surface area contributed by atoms with Crippen LogP contribution in [0.15, 0.2) is 65.9 Å². The molecular formula is C21H20N4O3S. The summed E-state index contributed by atoms with van der Waals surface area (Å²) in [6, 6.07) is 16.5. The van der Waals surface area contributed by atoms with Crippen molar-refractivity contribution in [1.29, 1.82) is 0 Å². The quantitative estimate of drug-likeness (QED) is 0.717. The summed E-state index contributed by atoms with van der Waals surface area (Å²) in [5.74, 6) is -0.176. The molecule has 0 aliphatic carbocycles. The lowest BCUT2D eigenvalue weighted by Crippen LogP contribution is -2.24. The van der Waals surface area contributed by atoms with Crippen LogP contribution >= 0.6 is 0 Å². The summed E-state index contributed by atoms with van der Waals surface area (Å²) in [6.07, 6.45) is 3.33. The van der Waals surface area contributed by atoms with Crippen LogP contribution in [0.5, 0.6) is 0 Å². The number of carbonyl (C=O) groups excluding carboxylic acids is 1. The van der Waals surface area contributed by atoms with E-state index < -0.39 is 10.0 Å². The van der Waals surface area contributed by atoms with Gasteiger partial charge in [0.1, 0.15) is 0 Å². The number of sulfonamides is 1. The number of fused-ring (bicyclic) bond motifs is 1. The second-order valence-corrected chi connectivity index (χ2v) is 8.75. The first kappa shape index (κ1) is 19.1. The summed E-state index contributed by atoms with van der Waals surface area (Å²) in [4.78, 5) is 16.6. The molecule has 2 aromatic carbocycles. The van der Waals surface area contributed by atoms with Crippen molar-refractivity contribution in [2.24, 2.45) is 5.10 Å². The number of nitrogens with zero attached hydrogens (tertiary/aromatic N) is 3. The smallest absolute Gasteiger partial charge is 0.240 e. The van der Waals surface area contributed by atoms with Crippen LogP contribution in [-0.4, -0.2) is 36.3 Å². The summed E-state index contributed by atoms with van der Waals surface area (Å²) in [5, 5.41) is 6.99. The minimum absolute atomic E-state index is 0.176. The zero-order valence-corrected chi connectivity index (χ0v) is 16.8. The van der Waals surface area contributed by atoms with Gasteiger partial charge < -0.3 is 0 Å². The number of benzene rings is 2. The molecule has 0 saturated heterocycles. The van der Waals surface area contributed by atoms with Crippen molar-refractivity contribution in [3.05, 3.63) is 71.9 Å². The molecule has 0 bridgehead atoms. The number of carbonyl (C=O) groups is 1. The largest absolute Gasteiger partial charge is 0.283 e. The predicted molar refractivity (Wildman–Crippen MR) is 113 cm³/mol. The maximum absolute atomic E-state index is 12.3. The average molecular weight is 408 g/mol. The molecule has 1 aliphatic heterocycles. The SMILES string of the molecule is CC(=O)N1N=C(c2ccccc2NS(C)(=O)=O)CC1c1ccc2ncccc2c1. The maximum Gasteiger partial charge on any atom is 0.240 e. The minimum Gasteiger partial charge on any atom is -0.283 e. The van der Waals surface area contributed by atoms with E-state index in [0.717, 1.165) is 22.7 Å². The summed E-state index contributed by atoms with van der Waals surface area (Å²) < 4.78 is 26.0. The van der Waals surface area contributed by atoms with Crippen LogP contribution in [0.2, 0.25) is 0 Å².